The Morgan fingerprint density at radius 1 is 1.13 bits per heavy atom. The average Bonchev–Trinajstić information content (AvgIpc) is 3.69. The third kappa shape index (κ3) is 4.70. The molecule has 39 heavy (non-hydrogen) atoms. The number of halogens is 1. The highest BCUT2D eigenvalue weighted by Gasteiger charge is 2.39. The summed E-state index contributed by atoms with van der Waals surface area (Å²) in [5.74, 6) is 0.820. The van der Waals surface area contributed by atoms with Gasteiger partial charge in [-0.05, 0) is 56.0 Å². The highest BCUT2D eigenvalue weighted by Crippen LogP contribution is 2.43. The fraction of sp³-hybridized carbons (Fsp3) is 0.414. The van der Waals surface area contributed by atoms with Gasteiger partial charge in [0.15, 0.2) is 5.82 Å². The molecule has 3 atom stereocenters. The summed E-state index contributed by atoms with van der Waals surface area (Å²) in [6.45, 7) is 5.60. The van der Waals surface area contributed by atoms with Gasteiger partial charge in [0.25, 0.3) is 0 Å². The summed E-state index contributed by atoms with van der Waals surface area (Å²) >= 11 is 1.68. The van der Waals surface area contributed by atoms with E-state index < -0.39 is 0 Å². The number of fused-ring (bicyclic) bond motifs is 1. The molecule has 2 fully saturated rings. The van der Waals surface area contributed by atoms with Gasteiger partial charge in [-0.15, -0.1) is 11.3 Å². The van der Waals surface area contributed by atoms with E-state index in [1.165, 1.54) is 29.5 Å². The molecule has 1 aliphatic carbocycles. The molecule has 1 saturated heterocycles. The SMILES string of the molecule is CCC1CN(c2nc(=O)n(C)c3ccc(C#N)nc23)[C@@H](C)CN1C(c1ccc(F)cc1)c1nc(C2CC2)cs1. The Balaban J connectivity index is 1.40. The van der Waals surface area contributed by atoms with Crippen molar-refractivity contribution in [3.05, 3.63) is 80.0 Å². The first-order valence-corrected chi connectivity index (χ1v) is 14.3. The van der Waals surface area contributed by atoms with E-state index in [1.807, 2.05) is 12.1 Å². The molecule has 0 radical (unpaired) electrons. The third-order valence-corrected chi connectivity index (χ3v) is 8.88. The van der Waals surface area contributed by atoms with Gasteiger partial charge < -0.3 is 4.90 Å². The van der Waals surface area contributed by atoms with Crippen LogP contribution in [0.15, 0.2) is 46.6 Å². The molecule has 4 heterocycles. The Labute approximate surface area is 230 Å². The number of pyridine rings is 1. The van der Waals surface area contributed by atoms with Crippen LogP contribution in [0.4, 0.5) is 10.2 Å². The first kappa shape index (κ1) is 25.6. The lowest BCUT2D eigenvalue weighted by Gasteiger charge is -2.48. The zero-order chi connectivity index (χ0) is 27.3. The predicted octanol–water partition coefficient (Wildman–Crippen LogP) is 4.75. The number of nitriles is 1. The number of anilines is 1. The summed E-state index contributed by atoms with van der Waals surface area (Å²) in [4.78, 5) is 31.5. The minimum absolute atomic E-state index is 0.00559. The Morgan fingerprint density at radius 2 is 1.90 bits per heavy atom. The van der Waals surface area contributed by atoms with E-state index in [2.05, 4.69) is 45.1 Å². The Bertz CT molecular complexity index is 1620. The summed E-state index contributed by atoms with van der Waals surface area (Å²) in [5, 5.41) is 12.7. The lowest BCUT2D eigenvalue weighted by molar-refractivity contribution is 0.115. The van der Waals surface area contributed by atoms with Crippen molar-refractivity contribution in [2.24, 2.45) is 7.05 Å². The summed E-state index contributed by atoms with van der Waals surface area (Å²) in [5.41, 5.74) is 3.31. The van der Waals surface area contributed by atoms with Crippen molar-refractivity contribution in [2.75, 3.05) is 18.0 Å². The van der Waals surface area contributed by atoms with Crippen LogP contribution in [0, 0.1) is 17.1 Å². The first-order valence-electron chi connectivity index (χ1n) is 13.4. The quantitative estimate of drug-likeness (QED) is 0.347. The monoisotopic (exact) mass is 543 g/mol. The number of thiazole rings is 1. The van der Waals surface area contributed by atoms with Gasteiger partial charge in [0.1, 0.15) is 28.1 Å². The van der Waals surface area contributed by atoms with E-state index in [9.17, 15) is 14.4 Å². The number of rotatable bonds is 6. The highest BCUT2D eigenvalue weighted by atomic mass is 32.1. The molecular formula is C29H30FN7OS. The summed E-state index contributed by atoms with van der Waals surface area (Å²) < 4.78 is 15.4. The molecule has 2 aliphatic rings. The minimum atomic E-state index is -0.355. The molecule has 1 saturated carbocycles. The predicted molar refractivity (Wildman–Crippen MR) is 149 cm³/mol. The summed E-state index contributed by atoms with van der Waals surface area (Å²) in [7, 11) is 1.67. The molecule has 0 bridgehead atoms. The van der Waals surface area contributed by atoms with E-state index in [0.29, 0.717) is 35.9 Å². The van der Waals surface area contributed by atoms with Crippen LogP contribution in [0.3, 0.4) is 0 Å². The maximum absolute atomic E-state index is 13.9. The zero-order valence-electron chi connectivity index (χ0n) is 22.2. The van der Waals surface area contributed by atoms with E-state index >= 15 is 0 Å². The van der Waals surface area contributed by atoms with Crippen LogP contribution in [0.2, 0.25) is 0 Å². The first-order chi connectivity index (χ1) is 18.9. The van der Waals surface area contributed by atoms with Gasteiger partial charge in [-0.25, -0.2) is 19.2 Å². The third-order valence-electron chi connectivity index (χ3n) is 7.96. The van der Waals surface area contributed by atoms with Gasteiger partial charge in [-0.3, -0.25) is 9.47 Å². The van der Waals surface area contributed by atoms with Gasteiger partial charge in [-0.1, -0.05) is 19.1 Å². The number of hydrogen-bond donors (Lipinski definition) is 0. The molecule has 8 nitrogen and oxygen atoms in total. The molecule has 2 unspecified atom stereocenters. The van der Waals surface area contributed by atoms with Crippen molar-refractivity contribution < 1.29 is 4.39 Å². The molecule has 6 rings (SSSR count). The second kappa shape index (κ2) is 10.1. The largest absolute Gasteiger partial charge is 0.349 e. The lowest BCUT2D eigenvalue weighted by Crippen LogP contribution is -2.58. The Kier molecular flexibility index (Phi) is 6.65. The van der Waals surface area contributed by atoms with Crippen molar-refractivity contribution in [3.63, 3.8) is 0 Å². The molecular weight excluding hydrogens is 513 g/mol. The van der Waals surface area contributed by atoms with Crippen molar-refractivity contribution in [2.45, 2.75) is 57.2 Å². The highest BCUT2D eigenvalue weighted by molar-refractivity contribution is 7.09. The number of aryl methyl sites for hydroxylation is 1. The van der Waals surface area contributed by atoms with Crippen molar-refractivity contribution in [1.82, 2.24) is 24.4 Å². The number of nitrogens with zero attached hydrogens (tertiary/aromatic N) is 7. The Hall–Kier alpha value is -3.68. The standard InChI is InChI=1S/C29H30FN7OS/c1-4-22-15-36(27-25-24(35(3)29(38)34-27)12-11-21(13-31)32-25)17(2)14-37(22)26(19-7-9-20(30)10-8-19)28-33-23(16-39-28)18-5-6-18/h7-12,16-18,22,26H,4-6,14-15H2,1-3H3/t17-,22?,26?/m0/s1. The summed E-state index contributed by atoms with van der Waals surface area (Å²) in [6, 6.07) is 12.3. The summed E-state index contributed by atoms with van der Waals surface area (Å²) in [6.07, 6.45) is 3.24. The molecule has 4 aromatic rings. The van der Waals surface area contributed by atoms with Gasteiger partial charge in [0.05, 0.1) is 17.3 Å². The van der Waals surface area contributed by atoms with Crippen LogP contribution < -0.4 is 10.6 Å². The molecule has 1 aliphatic heterocycles. The number of piperazine rings is 1. The number of aromatic nitrogens is 4. The number of benzene rings is 1. The van der Waals surface area contributed by atoms with Crippen LogP contribution in [0.25, 0.3) is 11.0 Å². The fourth-order valence-electron chi connectivity index (χ4n) is 5.62. The van der Waals surface area contributed by atoms with Crippen LogP contribution >= 0.6 is 11.3 Å². The molecule has 3 aromatic heterocycles. The normalized spacial score (nSPS) is 20.7. The van der Waals surface area contributed by atoms with Crippen molar-refractivity contribution in [3.8, 4) is 6.07 Å². The van der Waals surface area contributed by atoms with Crippen LogP contribution in [0.5, 0.6) is 0 Å². The van der Waals surface area contributed by atoms with Crippen LogP contribution in [0.1, 0.15) is 67.0 Å². The Morgan fingerprint density at radius 3 is 2.59 bits per heavy atom. The average molecular weight is 544 g/mol. The molecule has 0 amide bonds. The maximum atomic E-state index is 13.9. The molecule has 0 N–H and O–H groups in total. The fourth-order valence-corrected chi connectivity index (χ4v) is 6.67. The second-order valence-corrected chi connectivity index (χ2v) is 11.4. The van der Waals surface area contributed by atoms with Gasteiger partial charge in [0, 0.05) is 43.5 Å². The van der Waals surface area contributed by atoms with Crippen molar-refractivity contribution >= 4 is 28.2 Å². The lowest BCUT2D eigenvalue weighted by atomic mass is 9.97. The minimum Gasteiger partial charge on any atom is -0.349 e. The van der Waals surface area contributed by atoms with E-state index in [-0.39, 0.29) is 35.3 Å². The van der Waals surface area contributed by atoms with Crippen LogP contribution in [-0.4, -0.2) is 49.6 Å². The van der Waals surface area contributed by atoms with Crippen LogP contribution in [-0.2, 0) is 7.05 Å². The molecule has 10 heteroatoms. The molecule has 200 valence electrons. The number of hydrogen-bond acceptors (Lipinski definition) is 8. The van der Waals surface area contributed by atoms with E-state index in [4.69, 9.17) is 4.98 Å². The maximum Gasteiger partial charge on any atom is 0.349 e. The zero-order valence-corrected chi connectivity index (χ0v) is 23.0. The van der Waals surface area contributed by atoms with Gasteiger partial charge in [-0.2, -0.15) is 10.2 Å². The molecule has 1 aromatic carbocycles. The molecule has 0 spiro atoms. The van der Waals surface area contributed by atoms with Gasteiger partial charge in [0.2, 0.25) is 0 Å². The van der Waals surface area contributed by atoms with E-state index in [0.717, 1.165) is 22.7 Å². The van der Waals surface area contributed by atoms with Crippen molar-refractivity contribution in [1.29, 1.82) is 5.26 Å². The van der Waals surface area contributed by atoms with Gasteiger partial charge >= 0.3 is 5.69 Å². The topological polar surface area (TPSA) is 90.9 Å². The second-order valence-electron chi connectivity index (χ2n) is 10.6. The smallest absolute Gasteiger partial charge is 0.349 e. The van der Waals surface area contributed by atoms with E-state index in [1.54, 1.807) is 30.5 Å².